The lowest BCUT2D eigenvalue weighted by atomic mass is 10.1. The van der Waals surface area contributed by atoms with Crippen LogP contribution < -0.4 is 0 Å². The number of hydrogen-bond donors (Lipinski definition) is 1. The highest BCUT2D eigenvalue weighted by Crippen LogP contribution is 2.27. The molecule has 1 nitrogen and oxygen atoms in total. The van der Waals surface area contributed by atoms with Gasteiger partial charge in [-0.1, -0.05) is 29.3 Å². The van der Waals surface area contributed by atoms with Gasteiger partial charge < -0.3 is 5.11 Å². The van der Waals surface area contributed by atoms with Gasteiger partial charge in [0, 0.05) is 0 Å². The summed E-state index contributed by atoms with van der Waals surface area (Å²) in [6, 6.07) is 5.23. The number of benzene rings is 1. The van der Waals surface area contributed by atoms with Gasteiger partial charge in [0.25, 0.3) is 0 Å². The molecule has 0 fully saturated rings. The lowest BCUT2D eigenvalue weighted by Gasteiger charge is -2.10. The molecule has 0 aliphatic heterocycles. The van der Waals surface area contributed by atoms with Gasteiger partial charge in [0.15, 0.2) is 0 Å². The first-order chi connectivity index (χ1) is 6.65. The van der Waals surface area contributed by atoms with Crippen molar-refractivity contribution in [3.8, 4) is 0 Å². The Morgan fingerprint density at radius 2 is 2.07 bits per heavy atom. The summed E-state index contributed by atoms with van der Waals surface area (Å²) in [6.07, 6.45) is 2.30. The van der Waals surface area contributed by atoms with Crippen LogP contribution in [-0.4, -0.2) is 17.1 Å². The molecule has 0 aromatic heterocycles. The number of aliphatic hydroxyl groups excluding tert-OH is 1. The summed E-state index contributed by atoms with van der Waals surface area (Å²) in [5, 5.41) is 10.8. The molecule has 1 atom stereocenters. The molecule has 0 bridgehead atoms. The van der Waals surface area contributed by atoms with Crippen LogP contribution in [-0.2, 0) is 0 Å². The third-order valence-electron chi connectivity index (χ3n) is 1.92. The summed E-state index contributed by atoms with van der Waals surface area (Å²) in [7, 11) is 0. The normalized spacial score (nSPS) is 12.9. The van der Waals surface area contributed by atoms with Crippen molar-refractivity contribution in [2.45, 2.75) is 12.5 Å². The van der Waals surface area contributed by atoms with Crippen LogP contribution in [0.5, 0.6) is 0 Å². The van der Waals surface area contributed by atoms with E-state index in [2.05, 4.69) is 0 Å². The molecular weight excluding hydrogens is 239 g/mol. The largest absolute Gasteiger partial charge is 0.388 e. The highest BCUT2D eigenvalue weighted by Gasteiger charge is 2.08. The van der Waals surface area contributed by atoms with Crippen molar-refractivity contribution in [3.63, 3.8) is 0 Å². The molecule has 1 aromatic carbocycles. The summed E-state index contributed by atoms with van der Waals surface area (Å²) in [5.41, 5.74) is 0.827. The van der Waals surface area contributed by atoms with Crippen LogP contribution in [0.3, 0.4) is 0 Å². The van der Waals surface area contributed by atoms with Gasteiger partial charge in [-0.25, -0.2) is 0 Å². The first kappa shape index (κ1) is 12.2. The second kappa shape index (κ2) is 5.86. The zero-order chi connectivity index (χ0) is 10.6. The molecule has 0 spiro atoms. The van der Waals surface area contributed by atoms with E-state index in [1.54, 1.807) is 30.0 Å². The Balaban J connectivity index is 2.70. The van der Waals surface area contributed by atoms with E-state index in [4.69, 9.17) is 23.2 Å². The molecule has 0 radical (unpaired) electrons. The molecule has 1 rings (SSSR count). The smallest absolute Gasteiger partial charge is 0.0798 e. The van der Waals surface area contributed by atoms with E-state index in [-0.39, 0.29) is 0 Å². The van der Waals surface area contributed by atoms with E-state index < -0.39 is 6.10 Å². The summed E-state index contributed by atoms with van der Waals surface area (Å²) in [4.78, 5) is 0. The summed E-state index contributed by atoms with van der Waals surface area (Å²) in [6.45, 7) is 0. The fourth-order valence-electron chi connectivity index (χ4n) is 1.12. The fraction of sp³-hybridized carbons (Fsp3) is 0.400. The summed E-state index contributed by atoms with van der Waals surface area (Å²) < 4.78 is 0. The number of rotatable bonds is 4. The van der Waals surface area contributed by atoms with Crippen molar-refractivity contribution in [2.75, 3.05) is 12.0 Å². The van der Waals surface area contributed by atoms with Crippen molar-refractivity contribution in [1.29, 1.82) is 0 Å². The molecule has 0 amide bonds. The van der Waals surface area contributed by atoms with E-state index >= 15 is 0 Å². The number of thioether (sulfide) groups is 1. The van der Waals surface area contributed by atoms with Gasteiger partial charge in [0.05, 0.1) is 16.1 Å². The van der Waals surface area contributed by atoms with Crippen LogP contribution >= 0.6 is 35.0 Å². The zero-order valence-corrected chi connectivity index (χ0v) is 10.2. The number of hydrogen-bond acceptors (Lipinski definition) is 2. The lowest BCUT2D eigenvalue weighted by molar-refractivity contribution is 0.175. The van der Waals surface area contributed by atoms with Crippen LogP contribution in [0.1, 0.15) is 18.1 Å². The minimum absolute atomic E-state index is 0.447. The maximum atomic E-state index is 9.75. The molecule has 14 heavy (non-hydrogen) atoms. The molecule has 1 N–H and O–H groups in total. The predicted octanol–water partition coefficient (Wildman–Crippen LogP) is 3.78. The van der Waals surface area contributed by atoms with E-state index in [0.717, 1.165) is 17.7 Å². The molecular formula is C10H12Cl2OS. The second-order valence-corrected chi connectivity index (χ2v) is 4.77. The molecule has 4 heteroatoms. The zero-order valence-electron chi connectivity index (χ0n) is 7.84. The average Bonchev–Trinajstić information content (AvgIpc) is 2.18. The van der Waals surface area contributed by atoms with Gasteiger partial charge in [0.1, 0.15) is 0 Å². The Hall–Kier alpha value is 0.110. The molecule has 0 aliphatic carbocycles. The van der Waals surface area contributed by atoms with Gasteiger partial charge in [-0.05, 0) is 36.1 Å². The summed E-state index contributed by atoms with van der Waals surface area (Å²) in [5.74, 6) is 0.932. The number of halogens is 2. The number of aliphatic hydroxyl groups is 1. The van der Waals surface area contributed by atoms with Crippen molar-refractivity contribution >= 4 is 35.0 Å². The van der Waals surface area contributed by atoms with Crippen LogP contribution in [0, 0.1) is 0 Å². The van der Waals surface area contributed by atoms with Crippen LogP contribution in [0.4, 0.5) is 0 Å². The van der Waals surface area contributed by atoms with Crippen LogP contribution in [0.2, 0.25) is 10.0 Å². The van der Waals surface area contributed by atoms with Crippen molar-refractivity contribution < 1.29 is 5.11 Å². The Morgan fingerprint density at radius 1 is 1.36 bits per heavy atom. The molecule has 1 unspecified atom stereocenters. The predicted molar refractivity (Wildman–Crippen MR) is 64.4 cm³/mol. The van der Waals surface area contributed by atoms with Gasteiger partial charge in [-0.2, -0.15) is 11.8 Å². The van der Waals surface area contributed by atoms with Crippen LogP contribution in [0.15, 0.2) is 18.2 Å². The third-order valence-corrected chi connectivity index (χ3v) is 3.31. The average molecular weight is 251 g/mol. The van der Waals surface area contributed by atoms with E-state index in [9.17, 15) is 5.11 Å². The van der Waals surface area contributed by atoms with Crippen molar-refractivity contribution in [1.82, 2.24) is 0 Å². The Kier molecular flexibility index (Phi) is 5.10. The fourth-order valence-corrected chi connectivity index (χ4v) is 1.88. The Bertz CT molecular complexity index is 304. The van der Waals surface area contributed by atoms with E-state index in [1.807, 2.05) is 6.26 Å². The maximum Gasteiger partial charge on any atom is 0.0798 e. The van der Waals surface area contributed by atoms with Gasteiger partial charge in [-0.3, -0.25) is 0 Å². The maximum absolute atomic E-state index is 9.75. The highest BCUT2D eigenvalue weighted by molar-refractivity contribution is 7.98. The van der Waals surface area contributed by atoms with Gasteiger partial charge in [-0.15, -0.1) is 0 Å². The quantitative estimate of drug-likeness (QED) is 0.878. The monoisotopic (exact) mass is 250 g/mol. The van der Waals surface area contributed by atoms with Gasteiger partial charge in [0.2, 0.25) is 0 Å². The first-order valence-electron chi connectivity index (χ1n) is 4.27. The van der Waals surface area contributed by atoms with Crippen molar-refractivity contribution in [2.24, 2.45) is 0 Å². The molecule has 0 saturated carbocycles. The van der Waals surface area contributed by atoms with Gasteiger partial charge >= 0.3 is 0 Å². The topological polar surface area (TPSA) is 20.2 Å². The first-order valence-corrected chi connectivity index (χ1v) is 6.42. The highest BCUT2D eigenvalue weighted by atomic mass is 35.5. The molecule has 0 heterocycles. The SMILES string of the molecule is CSCCC(O)c1ccc(Cl)c(Cl)c1. The van der Waals surface area contributed by atoms with Crippen LogP contribution in [0.25, 0.3) is 0 Å². The Morgan fingerprint density at radius 3 is 2.64 bits per heavy atom. The lowest BCUT2D eigenvalue weighted by Crippen LogP contribution is -1.98. The minimum atomic E-state index is -0.447. The second-order valence-electron chi connectivity index (χ2n) is 2.97. The third kappa shape index (κ3) is 3.35. The minimum Gasteiger partial charge on any atom is -0.388 e. The van der Waals surface area contributed by atoms with E-state index in [1.165, 1.54) is 0 Å². The molecule has 78 valence electrons. The van der Waals surface area contributed by atoms with Crippen molar-refractivity contribution in [3.05, 3.63) is 33.8 Å². The standard InChI is InChI=1S/C10H12Cl2OS/c1-14-5-4-10(13)7-2-3-8(11)9(12)6-7/h2-3,6,10,13H,4-5H2,1H3. The van der Waals surface area contributed by atoms with E-state index in [0.29, 0.717) is 10.0 Å². The molecule has 0 saturated heterocycles. The Labute approximate surface area is 98.4 Å². The molecule has 0 aliphatic rings. The summed E-state index contributed by atoms with van der Waals surface area (Å²) >= 11 is 13.3. The molecule has 1 aromatic rings.